The van der Waals surface area contributed by atoms with Gasteiger partial charge in [0.1, 0.15) is 6.10 Å². The van der Waals surface area contributed by atoms with E-state index >= 15 is 0 Å². The second kappa shape index (κ2) is 9.75. The lowest BCUT2D eigenvalue weighted by Gasteiger charge is -2.24. The van der Waals surface area contributed by atoms with Crippen LogP contribution in [0.4, 0.5) is 0 Å². The van der Waals surface area contributed by atoms with Crippen molar-refractivity contribution >= 4 is 24.2 Å². The van der Waals surface area contributed by atoms with Crippen molar-refractivity contribution in [1.82, 2.24) is 0 Å². The number of unbranched alkanes of at least 4 members (excludes halogenated alkanes) is 1. The molecule has 0 aliphatic carbocycles. The standard InChI is InChI=1S/C15H25BrO3Si/c1-4-8-14(19-20(2,3)13-16)9-6-5-7-10-15-17-11-12-18-15/h4,14-15H,1,5,7-8,10-13H2,2-3H3. The van der Waals surface area contributed by atoms with Crippen LogP contribution in [0.3, 0.4) is 0 Å². The summed E-state index contributed by atoms with van der Waals surface area (Å²) >= 11 is 3.52. The molecule has 1 rings (SSSR count). The molecule has 0 aromatic carbocycles. The monoisotopic (exact) mass is 360 g/mol. The van der Waals surface area contributed by atoms with E-state index in [1.807, 2.05) is 6.08 Å². The summed E-state index contributed by atoms with van der Waals surface area (Å²) in [4.78, 5) is 0.922. The Morgan fingerprint density at radius 1 is 1.45 bits per heavy atom. The molecule has 0 saturated carbocycles. The van der Waals surface area contributed by atoms with Crippen molar-refractivity contribution in [2.75, 3.05) is 18.2 Å². The molecule has 0 radical (unpaired) electrons. The van der Waals surface area contributed by atoms with E-state index in [0.29, 0.717) is 0 Å². The van der Waals surface area contributed by atoms with Gasteiger partial charge in [-0.1, -0.05) is 27.9 Å². The summed E-state index contributed by atoms with van der Waals surface area (Å²) in [5, 5.41) is 0. The Labute approximate surface area is 132 Å². The maximum atomic E-state index is 6.11. The van der Waals surface area contributed by atoms with Crippen LogP contribution in [-0.2, 0) is 13.9 Å². The number of hydrogen-bond acceptors (Lipinski definition) is 3. The zero-order valence-electron chi connectivity index (χ0n) is 12.5. The van der Waals surface area contributed by atoms with Crippen LogP contribution in [-0.4, -0.2) is 38.9 Å². The van der Waals surface area contributed by atoms with Gasteiger partial charge in [-0.25, -0.2) is 0 Å². The van der Waals surface area contributed by atoms with Gasteiger partial charge in [-0.3, -0.25) is 0 Å². The molecule has 5 heteroatoms. The number of alkyl halides is 1. The third-order valence-electron chi connectivity index (χ3n) is 2.86. The van der Waals surface area contributed by atoms with Crippen molar-refractivity contribution in [3.05, 3.63) is 12.7 Å². The molecule has 1 aliphatic heterocycles. The summed E-state index contributed by atoms with van der Waals surface area (Å²) in [6, 6.07) is 0. The van der Waals surface area contributed by atoms with Crippen LogP contribution < -0.4 is 0 Å². The first-order valence-electron chi connectivity index (χ1n) is 7.13. The second-order valence-electron chi connectivity index (χ2n) is 5.41. The molecule has 1 aliphatic rings. The van der Waals surface area contributed by atoms with Gasteiger partial charge in [0.25, 0.3) is 0 Å². The molecular weight excluding hydrogens is 336 g/mol. The highest BCUT2D eigenvalue weighted by atomic mass is 79.9. The number of ether oxygens (including phenoxy) is 2. The van der Waals surface area contributed by atoms with Gasteiger partial charge in [0, 0.05) is 17.8 Å². The van der Waals surface area contributed by atoms with E-state index in [4.69, 9.17) is 13.9 Å². The highest BCUT2D eigenvalue weighted by Crippen LogP contribution is 2.14. The predicted molar refractivity (Wildman–Crippen MR) is 88.3 cm³/mol. The van der Waals surface area contributed by atoms with E-state index in [1.165, 1.54) is 0 Å². The second-order valence-corrected chi connectivity index (χ2v) is 11.1. The molecule has 0 bridgehead atoms. The lowest BCUT2D eigenvalue weighted by molar-refractivity contribution is -0.0474. The summed E-state index contributed by atoms with van der Waals surface area (Å²) in [5.74, 6) is 6.44. The van der Waals surface area contributed by atoms with Crippen molar-refractivity contribution in [2.24, 2.45) is 0 Å². The van der Waals surface area contributed by atoms with E-state index in [2.05, 4.69) is 47.4 Å². The van der Waals surface area contributed by atoms with E-state index < -0.39 is 8.32 Å². The number of hydrogen-bond donors (Lipinski definition) is 0. The average molecular weight is 361 g/mol. The van der Waals surface area contributed by atoms with Crippen LogP contribution in [0.15, 0.2) is 12.7 Å². The van der Waals surface area contributed by atoms with Crippen molar-refractivity contribution in [3.63, 3.8) is 0 Å². The maximum absolute atomic E-state index is 6.11. The van der Waals surface area contributed by atoms with Crippen molar-refractivity contribution in [2.45, 2.75) is 51.2 Å². The molecule has 1 unspecified atom stereocenters. The molecule has 1 fully saturated rings. The average Bonchev–Trinajstić information content (AvgIpc) is 2.91. The first kappa shape index (κ1) is 17.9. The molecule has 0 spiro atoms. The SMILES string of the molecule is C=CCC(C#CCCCC1OCCO1)O[Si](C)(C)CBr. The van der Waals surface area contributed by atoms with Gasteiger partial charge in [-0.05, 0) is 25.9 Å². The first-order valence-corrected chi connectivity index (χ1v) is 11.4. The minimum Gasteiger partial charge on any atom is -0.403 e. The van der Waals surface area contributed by atoms with Crippen LogP contribution in [0.25, 0.3) is 0 Å². The Balaban J connectivity index is 2.29. The number of rotatable bonds is 8. The molecule has 20 heavy (non-hydrogen) atoms. The Kier molecular flexibility index (Phi) is 8.74. The summed E-state index contributed by atoms with van der Waals surface area (Å²) in [5.41, 5.74) is 0. The van der Waals surface area contributed by atoms with Crippen LogP contribution >= 0.6 is 15.9 Å². The molecule has 0 aromatic rings. The van der Waals surface area contributed by atoms with Crippen LogP contribution in [0.5, 0.6) is 0 Å². The third-order valence-corrected chi connectivity index (χ3v) is 8.48. The van der Waals surface area contributed by atoms with E-state index in [-0.39, 0.29) is 12.4 Å². The highest BCUT2D eigenvalue weighted by molar-refractivity contribution is 9.09. The molecule has 1 heterocycles. The minimum atomic E-state index is -1.64. The Morgan fingerprint density at radius 3 is 2.75 bits per heavy atom. The third kappa shape index (κ3) is 7.60. The molecular formula is C15H25BrO3Si. The fraction of sp³-hybridized carbons (Fsp3) is 0.733. The Morgan fingerprint density at radius 2 is 2.15 bits per heavy atom. The lowest BCUT2D eigenvalue weighted by atomic mass is 10.2. The fourth-order valence-corrected chi connectivity index (χ4v) is 3.21. The Hall–Kier alpha value is -0.123. The Bertz CT molecular complexity index is 343. The maximum Gasteiger partial charge on any atom is 0.198 e. The number of halogens is 1. The lowest BCUT2D eigenvalue weighted by Crippen LogP contribution is -2.37. The molecule has 3 nitrogen and oxygen atoms in total. The molecule has 114 valence electrons. The van der Waals surface area contributed by atoms with Crippen LogP contribution in [0, 0.1) is 11.8 Å². The summed E-state index contributed by atoms with van der Waals surface area (Å²) in [7, 11) is -1.64. The molecule has 1 atom stereocenters. The van der Waals surface area contributed by atoms with Crippen molar-refractivity contribution in [3.8, 4) is 11.8 Å². The smallest absolute Gasteiger partial charge is 0.198 e. The van der Waals surface area contributed by atoms with E-state index in [1.54, 1.807) is 0 Å². The van der Waals surface area contributed by atoms with Gasteiger partial charge < -0.3 is 13.9 Å². The van der Waals surface area contributed by atoms with Gasteiger partial charge in [-0.15, -0.1) is 12.5 Å². The van der Waals surface area contributed by atoms with Crippen molar-refractivity contribution in [1.29, 1.82) is 0 Å². The predicted octanol–water partition coefficient (Wildman–Crippen LogP) is 3.63. The van der Waals surface area contributed by atoms with Gasteiger partial charge in [-0.2, -0.15) is 0 Å². The first-order chi connectivity index (χ1) is 9.57. The molecule has 0 amide bonds. The molecule has 0 aromatic heterocycles. The zero-order valence-corrected chi connectivity index (χ0v) is 15.1. The van der Waals surface area contributed by atoms with E-state index in [9.17, 15) is 0 Å². The molecule has 0 N–H and O–H groups in total. The van der Waals surface area contributed by atoms with Crippen molar-refractivity contribution < 1.29 is 13.9 Å². The van der Waals surface area contributed by atoms with Gasteiger partial charge in [0.15, 0.2) is 14.6 Å². The van der Waals surface area contributed by atoms with Gasteiger partial charge in [0.2, 0.25) is 0 Å². The molecule has 1 saturated heterocycles. The van der Waals surface area contributed by atoms with E-state index in [0.717, 1.165) is 43.9 Å². The zero-order chi connectivity index (χ0) is 14.8. The largest absolute Gasteiger partial charge is 0.403 e. The van der Waals surface area contributed by atoms with Gasteiger partial charge in [0.05, 0.1) is 13.2 Å². The normalized spacial score (nSPS) is 17.6. The topological polar surface area (TPSA) is 27.7 Å². The van der Waals surface area contributed by atoms with Gasteiger partial charge >= 0.3 is 0 Å². The van der Waals surface area contributed by atoms with Crippen LogP contribution in [0.1, 0.15) is 25.7 Å². The summed E-state index contributed by atoms with van der Waals surface area (Å²) in [6.45, 7) is 9.59. The summed E-state index contributed by atoms with van der Waals surface area (Å²) < 4.78 is 16.9. The fourth-order valence-electron chi connectivity index (χ4n) is 1.82. The van der Waals surface area contributed by atoms with Crippen LogP contribution in [0.2, 0.25) is 13.1 Å². The quantitative estimate of drug-likeness (QED) is 0.217. The minimum absolute atomic E-state index is 0.0169. The summed E-state index contributed by atoms with van der Waals surface area (Å²) in [6.07, 6.45) is 5.39. The highest BCUT2D eigenvalue weighted by Gasteiger charge is 2.24.